The van der Waals surface area contributed by atoms with Crippen LogP contribution in [0.3, 0.4) is 0 Å². The Morgan fingerprint density at radius 2 is 1.68 bits per heavy atom. The van der Waals surface area contributed by atoms with Gasteiger partial charge in [-0.3, -0.25) is 4.79 Å². The normalized spacial score (nSPS) is 15.9. The molecule has 2 nitrogen and oxygen atoms in total. The maximum Gasteiger partial charge on any atom is 0.228 e. The van der Waals surface area contributed by atoms with Crippen LogP contribution in [0.2, 0.25) is 15.1 Å². The third-order valence-corrected chi connectivity index (χ3v) is 6.82. The summed E-state index contributed by atoms with van der Waals surface area (Å²) in [5.74, 6) is -0.0298. The van der Waals surface area contributed by atoms with Crippen molar-refractivity contribution in [2.45, 2.75) is 18.9 Å². The van der Waals surface area contributed by atoms with Crippen molar-refractivity contribution in [1.29, 1.82) is 0 Å². The zero-order chi connectivity index (χ0) is 21.5. The lowest BCUT2D eigenvalue weighted by molar-refractivity contribution is -0.119. The van der Waals surface area contributed by atoms with Gasteiger partial charge < -0.3 is 4.90 Å². The number of nitrogens with zero attached hydrogens (tertiary/aromatic N) is 1. The monoisotopic (exact) mass is 465 g/mol. The summed E-state index contributed by atoms with van der Waals surface area (Å²) in [5.41, 5.74) is 4.04. The Morgan fingerprint density at radius 3 is 2.48 bits per heavy atom. The van der Waals surface area contributed by atoms with Crippen LogP contribution in [0, 0.1) is 0 Å². The van der Waals surface area contributed by atoms with Gasteiger partial charge >= 0.3 is 0 Å². The van der Waals surface area contributed by atoms with E-state index >= 15 is 0 Å². The highest BCUT2D eigenvalue weighted by Gasteiger charge is 2.33. The number of anilines is 1. The first kappa shape index (κ1) is 20.4. The molecule has 4 aromatic rings. The van der Waals surface area contributed by atoms with Gasteiger partial charge in [-0.05, 0) is 57.8 Å². The number of carbonyl (C=O) groups is 1. The Labute approximate surface area is 196 Å². The quantitative estimate of drug-likeness (QED) is 0.301. The average molecular weight is 467 g/mol. The van der Waals surface area contributed by atoms with Gasteiger partial charge in [0.2, 0.25) is 5.91 Å². The molecular formula is C26H18Cl3NO. The Hall–Kier alpha value is -2.52. The molecule has 0 saturated carbocycles. The minimum atomic E-state index is -0.0982. The minimum Gasteiger partial charge on any atom is -0.308 e. The predicted molar refractivity (Wildman–Crippen MR) is 130 cm³/mol. The van der Waals surface area contributed by atoms with E-state index in [9.17, 15) is 4.79 Å². The van der Waals surface area contributed by atoms with Gasteiger partial charge in [0.05, 0.1) is 16.6 Å². The molecule has 0 aromatic heterocycles. The number of carbonyl (C=O) groups excluding carboxylic acids is 1. The number of fused-ring (bicyclic) bond motifs is 3. The lowest BCUT2D eigenvalue weighted by Crippen LogP contribution is -2.36. The van der Waals surface area contributed by atoms with Crippen molar-refractivity contribution in [1.82, 2.24) is 0 Å². The fourth-order valence-electron chi connectivity index (χ4n) is 4.41. The molecule has 0 saturated heterocycles. The fraction of sp³-hybridized carbons (Fsp3) is 0.115. The van der Waals surface area contributed by atoms with E-state index in [-0.39, 0.29) is 11.8 Å². The van der Waals surface area contributed by atoms with Crippen LogP contribution in [0.4, 0.5) is 5.69 Å². The Bertz CT molecular complexity index is 1320. The largest absolute Gasteiger partial charge is 0.308 e. The summed E-state index contributed by atoms with van der Waals surface area (Å²) in [7, 11) is 0. The number of halogens is 3. The van der Waals surface area contributed by atoms with Gasteiger partial charge in [0, 0.05) is 23.0 Å². The highest BCUT2D eigenvalue weighted by Crippen LogP contribution is 2.45. The Balaban J connectivity index is 1.69. The summed E-state index contributed by atoms with van der Waals surface area (Å²) in [5, 5.41) is 3.94. The van der Waals surface area contributed by atoms with E-state index in [4.69, 9.17) is 34.8 Å². The molecule has 0 radical (unpaired) electrons. The summed E-state index contributed by atoms with van der Waals surface area (Å²) in [6.07, 6.45) is 0.361. The van der Waals surface area contributed by atoms with Crippen LogP contribution in [-0.2, 0) is 11.3 Å². The number of amides is 1. The number of benzene rings is 4. The number of hydrogen-bond donors (Lipinski definition) is 0. The molecule has 5 heteroatoms. The first-order chi connectivity index (χ1) is 15.0. The Morgan fingerprint density at radius 1 is 0.839 bits per heavy atom. The molecule has 0 fully saturated rings. The second-order valence-electron chi connectivity index (χ2n) is 7.76. The molecule has 4 aromatic carbocycles. The number of rotatable bonds is 3. The van der Waals surface area contributed by atoms with Crippen molar-refractivity contribution in [3.8, 4) is 0 Å². The second kappa shape index (κ2) is 8.20. The molecule has 0 spiro atoms. The zero-order valence-electron chi connectivity index (χ0n) is 16.5. The molecule has 154 valence electrons. The minimum absolute atomic E-state index is 0.0684. The summed E-state index contributed by atoms with van der Waals surface area (Å²) in [6.45, 7) is 0.471. The molecule has 31 heavy (non-hydrogen) atoms. The summed E-state index contributed by atoms with van der Waals surface area (Å²) in [6, 6.07) is 25.7. The van der Waals surface area contributed by atoms with Gasteiger partial charge in [-0.15, -0.1) is 0 Å². The molecule has 1 atom stereocenters. The Kier molecular flexibility index (Phi) is 5.39. The lowest BCUT2D eigenvalue weighted by Gasteiger charge is -2.35. The molecule has 5 rings (SSSR count). The standard InChI is InChI=1S/C26H18Cl3NO/c27-19-6-3-4-16(12-19)15-30-24-11-9-17-5-1-2-7-20(17)26(24)21(14-25(30)31)18-8-10-22(28)23(29)13-18/h1-13,21H,14-15H2. The topological polar surface area (TPSA) is 20.3 Å². The fourth-order valence-corrected chi connectivity index (χ4v) is 4.93. The SMILES string of the molecule is O=C1CC(c2ccc(Cl)c(Cl)c2)c2c(ccc3ccccc23)N1Cc1cccc(Cl)c1. The first-order valence-corrected chi connectivity index (χ1v) is 11.2. The molecular weight excluding hydrogens is 449 g/mol. The van der Waals surface area contributed by atoms with Crippen LogP contribution in [0.5, 0.6) is 0 Å². The van der Waals surface area contributed by atoms with Crippen LogP contribution in [0.1, 0.15) is 29.0 Å². The van der Waals surface area contributed by atoms with Gasteiger partial charge in [0.15, 0.2) is 0 Å². The smallest absolute Gasteiger partial charge is 0.228 e. The average Bonchev–Trinajstić information content (AvgIpc) is 2.77. The molecule has 0 aliphatic carbocycles. The zero-order valence-corrected chi connectivity index (χ0v) is 18.8. The van der Waals surface area contributed by atoms with Crippen LogP contribution in [0.25, 0.3) is 10.8 Å². The highest BCUT2D eigenvalue weighted by molar-refractivity contribution is 6.42. The summed E-state index contributed by atoms with van der Waals surface area (Å²) < 4.78 is 0. The van der Waals surface area contributed by atoms with Crippen molar-refractivity contribution in [3.63, 3.8) is 0 Å². The predicted octanol–water partition coefficient (Wildman–Crippen LogP) is 7.87. The van der Waals surface area contributed by atoms with E-state index in [0.717, 1.165) is 33.2 Å². The first-order valence-electron chi connectivity index (χ1n) is 10.0. The van der Waals surface area contributed by atoms with Gasteiger partial charge in [-0.2, -0.15) is 0 Å². The van der Waals surface area contributed by atoms with E-state index < -0.39 is 0 Å². The molecule has 1 aliphatic heterocycles. The van der Waals surface area contributed by atoms with Crippen LogP contribution < -0.4 is 4.90 Å². The van der Waals surface area contributed by atoms with Gasteiger partial charge in [0.1, 0.15) is 0 Å². The molecule has 0 N–H and O–H groups in total. The maximum atomic E-state index is 13.4. The van der Waals surface area contributed by atoms with Crippen LogP contribution >= 0.6 is 34.8 Å². The summed E-state index contributed by atoms with van der Waals surface area (Å²) >= 11 is 18.7. The second-order valence-corrected chi connectivity index (χ2v) is 9.01. The highest BCUT2D eigenvalue weighted by atomic mass is 35.5. The van der Waals surface area contributed by atoms with E-state index in [1.165, 1.54) is 0 Å². The third kappa shape index (κ3) is 3.80. The molecule has 1 unspecified atom stereocenters. The van der Waals surface area contributed by atoms with Crippen molar-refractivity contribution in [2.75, 3.05) is 4.90 Å². The molecule has 1 amide bonds. The van der Waals surface area contributed by atoms with Crippen LogP contribution in [-0.4, -0.2) is 5.91 Å². The van der Waals surface area contributed by atoms with E-state index in [0.29, 0.717) is 28.0 Å². The molecule has 1 heterocycles. The van der Waals surface area contributed by atoms with Crippen LogP contribution in [0.15, 0.2) is 78.9 Å². The number of hydrogen-bond acceptors (Lipinski definition) is 1. The van der Waals surface area contributed by atoms with Crippen molar-refractivity contribution >= 4 is 57.2 Å². The van der Waals surface area contributed by atoms with Gasteiger partial charge in [-0.1, -0.05) is 83.3 Å². The van der Waals surface area contributed by atoms with Gasteiger partial charge in [-0.25, -0.2) is 0 Å². The van der Waals surface area contributed by atoms with Gasteiger partial charge in [0.25, 0.3) is 0 Å². The van der Waals surface area contributed by atoms with E-state index in [1.54, 1.807) is 6.07 Å². The maximum absolute atomic E-state index is 13.4. The van der Waals surface area contributed by atoms with Crippen molar-refractivity contribution in [3.05, 3.63) is 111 Å². The van der Waals surface area contributed by atoms with E-state index in [2.05, 4.69) is 18.2 Å². The van der Waals surface area contributed by atoms with E-state index in [1.807, 2.05) is 59.5 Å². The van der Waals surface area contributed by atoms with Crippen molar-refractivity contribution in [2.24, 2.45) is 0 Å². The molecule has 0 bridgehead atoms. The lowest BCUT2D eigenvalue weighted by atomic mass is 9.81. The van der Waals surface area contributed by atoms with Crippen molar-refractivity contribution < 1.29 is 4.79 Å². The molecule has 1 aliphatic rings. The third-order valence-electron chi connectivity index (χ3n) is 5.84. The summed E-state index contributed by atoms with van der Waals surface area (Å²) in [4.78, 5) is 15.2.